The largest absolute Gasteiger partial charge is 0.758 e. The minimum Gasteiger partial charge on any atom is -0.758 e. The molecule has 6 nitrogen and oxygen atoms in total. The van der Waals surface area contributed by atoms with E-state index in [0.29, 0.717) is 28.5 Å². The molecule has 140 valence electrons. The number of pyridine rings is 1. The van der Waals surface area contributed by atoms with Gasteiger partial charge in [0.2, 0.25) is 0 Å². The first-order valence-corrected chi connectivity index (χ1v) is 11.0. The summed E-state index contributed by atoms with van der Waals surface area (Å²) >= 11 is -1.40. The number of anilines is 1. The van der Waals surface area contributed by atoms with Crippen molar-refractivity contribution in [3.05, 3.63) is 77.6 Å². The molecular formula is C21H16IN4O2-. The van der Waals surface area contributed by atoms with E-state index in [2.05, 4.69) is 9.97 Å². The molecule has 0 saturated carbocycles. The van der Waals surface area contributed by atoms with Gasteiger partial charge < -0.3 is 10.3 Å². The fourth-order valence-electron chi connectivity index (χ4n) is 3.06. The van der Waals surface area contributed by atoms with Crippen LogP contribution < -0.4 is 5.06 Å². The zero-order chi connectivity index (χ0) is 19.5. The normalized spacial score (nSPS) is 10.9. The molecule has 0 aliphatic rings. The van der Waals surface area contributed by atoms with Crippen molar-refractivity contribution in [1.29, 1.82) is 0 Å². The first-order chi connectivity index (χ1) is 13.7. The first kappa shape index (κ1) is 18.6. The maximum absolute atomic E-state index is 12.5. The quantitative estimate of drug-likeness (QED) is 0.167. The molecule has 0 radical (unpaired) electrons. The average molecular weight is 483 g/mol. The number of rotatable bonds is 5. The number of hydrogen-bond donors (Lipinski definition) is 0. The molecule has 0 aliphatic heterocycles. The summed E-state index contributed by atoms with van der Waals surface area (Å²) in [5.41, 5.74) is 4.11. The van der Waals surface area contributed by atoms with Crippen molar-refractivity contribution >= 4 is 37.8 Å². The van der Waals surface area contributed by atoms with Gasteiger partial charge in [-0.05, 0) is 31.2 Å². The summed E-state index contributed by atoms with van der Waals surface area (Å²) < 4.78 is 11.1. The van der Waals surface area contributed by atoms with Crippen LogP contribution in [0.5, 0.6) is 0 Å². The highest BCUT2D eigenvalue weighted by atomic mass is 127. The number of hydrogen-bond acceptors (Lipinski definition) is 6. The van der Waals surface area contributed by atoms with Crippen molar-refractivity contribution in [2.75, 3.05) is 9.61 Å². The molecule has 2 aromatic heterocycles. The van der Waals surface area contributed by atoms with Crippen LogP contribution in [-0.4, -0.2) is 19.5 Å². The monoisotopic (exact) mass is 483 g/mol. The van der Waals surface area contributed by atoms with Gasteiger partial charge in [-0.25, -0.2) is 15.0 Å². The van der Waals surface area contributed by atoms with E-state index >= 15 is 0 Å². The second-order valence-corrected chi connectivity index (χ2v) is 7.51. The summed E-state index contributed by atoms with van der Waals surface area (Å²) in [6.45, 7) is 1.92. The molecule has 0 fully saturated rings. The lowest BCUT2D eigenvalue weighted by Crippen LogP contribution is -2.13. The Bertz CT molecular complexity index is 1170. The second-order valence-electron chi connectivity index (χ2n) is 6.20. The molecular weight excluding hydrogens is 467 g/mol. The van der Waals surface area contributed by atoms with Crippen LogP contribution in [0.2, 0.25) is 0 Å². The number of aromatic nitrogens is 3. The third kappa shape index (κ3) is 3.63. The van der Waals surface area contributed by atoms with Crippen LogP contribution in [0.1, 0.15) is 5.69 Å². The fraction of sp³-hybridized carbons (Fsp3) is 0.0952. The zero-order valence-electron chi connectivity index (χ0n) is 15.0. The van der Waals surface area contributed by atoms with Gasteiger partial charge in [0.05, 0.1) is 15.8 Å². The van der Waals surface area contributed by atoms with Gasteiger partial charge >= 0.3 is 0 Å². The Balaban J connectivity index is 1.98. The maximum Gasteiger partial charge on any atom is 0.179 e. The lowest BCUT2D eigenvalue weighted by atomic mass is 10.0. The van der Waals surface area contributed by atoms with Crippen LogP contribution in [0.25, 0.3) is 33.7 Å². The van der Waals surface area contributed by atoms with Crippen molar-refractivity contribution in [2.24, 2.45) is 0 Å². The number of alkyl halides is 1. The molecule has 0 spiro atoms. The van der Waals surface area contributed by atoms with Gasteiger partial charge in [0, 0.05) is 22.3 Å². The number of para-hydroxylation sites is 2. The molecule has 4 aromatic rings. The van der Waals surface area contributed by atoms with Gasteiger partial charge in [-0.2, -0.15) is 0 Å². The van der Waals surface area contributed by atoms with Gasteiger partial charge in [0.1, 0.15) is 5.69 Å². The Kier molecular flexibility index (Phi) is 5.36. The van der Waals surface area contributed by atoms with Crippen molar-refractivity contribution in [2.45, 2.75) is 6.92 Å². The van der Waals surface area contributed by atoms with Crippen LogP contribution in [0.15, 0.2) is 66.7 Å². The van der Waals surface area contributed by atoms with Crippen LogP contribution in [0.4, 0.5) is 5.69 Å². The molecule has 0 bridgehead atoms. The predicted molar refractivity (Wildman–Crippen MR) is 118 cm³/mol. The highest BCUT2D eigenvalue weighted by molar-refractivity contribution is 14.1. The molecule has 0 saturated heterocycles. The standard InChI is InChI=1S/C21H16IN4O2/c1-14-7-6-11-18(23-14)21-24-17-10-4-2-8-15(17)20(25-21)16-9-3-5-12-19(16)26(28)13-22-27/h2-12H,13H2,1H3/q-1. The van der Waals surface area contributed by atoms with Crippen LogP contribution in [0.3, 0.4) is 0 Å². The Morgan fingerprint density at radius 3 is 2.54 bits per heavy atom. The van der Waals surface area contributed by atoms with E-state index in [1.807, 2.05) is 61.5 Å². The molecule has 28 heavy (non-hydrogen) atoms. The molecule has 0 aliphatic carbocycles. The number of hydroxylamine groups is 1. The Hall–Kier alpha value is -2.78. The van der Waals surface area contributed by atoms with Gasteiger partial charge in [-0.1, -0.05) is 42.5 Å². The number of aryl methyl sites for hydroxylation is 1. The van der Waals surface area contributed by atoms with Crippen LogP contribution in [-0.2, 0) is 3.07 Å². The lowest BCUT2D eigenvalue weighted by Gasteiger charge is -2.30. The minimum atomic E-state index is -1.40. The summed E-state index contributed by atoms with van der Waals surface area (Å²) in [4.78, 5) is 14.0. The van der Waals surface area contributed by atoms with E-state index in [-0.39, 0.29) is 4.55 Å². The van der Waals surface area contributed by atoms with Gasteiger partial charge in [0.15, 0.2) is 27.0 Å². The second kappa shape index (κ2) is 8.07. The summed E-state index contributed by atoms with van der Waals surface area (Å²) in [6.07, 6.45) is 0. The molecule has 2 heterocycles. The van der Waals surface area contributed by atoms with Crippen molar-refractivity contribution in [1.82, 2.24) is 15.0 Å². The van der Waals surface area contributed by atoms with E-state index in [9.17, 15) is 8.28 Å². The van der Waals surface area contributed by atoms with Crippen molar-refractivity contribution in [3.8, 4) is 22.8 Å². The highest BCUT2D eigenvalue weighted by Gasteiger charge is 2.15. The number of nitrogens with zero attached hydrogens (tertiary/aromatic N) is 4. The number of benzene rings is 2. The molecule has 0 unspecified atom stereocenters. The van der Waals surface area contributed by atoms with E-state index < -0.39 is 21.2 Å². The Morgan fingerprint density at radius 2 is 1.71 bits per heavy atom. The average Bonchev–Trinajstić information content (AvgIpc) is 2.73. The maximum atomic E-state index is 12.5. The zero-order valence-corrected chi connectivity index (χ0v) is 17.2. The number of fused-ring (bicyclic) bond motifs is 1. The van der Waals surface area contributed by atoms with E-state index in [0.717, 1.165) is 21.7 Å². The summed E-state index contributed by atoms with van der Waals surface area (Å²) in [5, 5.41) is 14.1. The smallest absolute Gasteiger partial charge is 0.179 e. The van der Waals surface area contributed by atoms with Gasteiger partial charge in [-0.15, -0.1) is 0 Å². The molecule has 0 amide bonds. The lowest BCUT2D eigenvalue weighted by molar-refractivity contribution is 0.647. The molecule has 0 atom stereocenters. The summed E-state index contributed by atoms with van der Waals surface area (Å²) in [7, 11) is 0. The SMILES string of the molecule is Cc1cccc(-c2nc(-c3ccccc3N([O-])CI=O)c3ccccc3n2)n1. The van der Waals surface area contributed by atoms with E-state index in [1.54, 1.807) is 12.1 Å². The summed E-state index contributed by atoms with van der Waals surface area (Å²) in [5.74, 6) is 0.501. The van der Waals surface area contributed by atoms with Crippen molar-refractivity contribution in [3.63, 3.8) is 0 Å². The van der Waals surface area contributed by atoms with E-state index in [1.165, 1.54) is 0 Å². The van der Waals surface area contributed by atoms with Gasteiger partial charge in [-0.3, -0.25) is 3.07 Å². The molecule has 0 N–H and O–H groups in total. The van der Waals surface area contributed by atoms with Crippen LogP contribution >= 0.6 is 21.2 Å². The Morgan fingerprint density at radius 1 is 0.929 bits per heavy atom. The number of halogens is 1. The van der Waals surface area contributed by atoms with E-state index in [4.69, 9.17) is 4.98 Å². The predicted octanol–water partition coefficient (Wildman–Crippen LogP) is 5.25. The Labute approximate surface area is 172 Å². The topological polar surface area (TPSA) is 82.0 Å². The third-order valence-electron chi connectivity index (χ3n) is 4.31. The fourth-order valence-corrected chi connectivity index (χ4v) is 3.68. The van der Waals surface area contributed by atoms with Crippen LogP contribution in [0, 0.1) is 12.1 Å². The first-order valence-electron chi connectivity index (χ1n) is 8.63. The van der Waals surface area contributed by atoms with Gasteiger partial charge in [0.25, 0.3) is 0 Å². The molecule has 2 aromatic carbocycles. The molecule has 7 heteroatoms. The summed E-state index contributed by atoms with van der Waals surface area (Å²) in [6, 6.07) is 20.6. The highest BCUT2D eigenvalue weighted by Crippen LogP contribution is 2.35. The van der Waals surface area contributed by atoms with Crippen molar-refractivity contribution < 1.29 is 3.07 Å². The molecule has 4 rings (SSSR count). The third-order valence-corrected chi connectivity index (χ3v) is 5.20. The minimum absolute atomic E-state index is 0.00873.